The number of anilines is 1. The number of allylic oxidation sites excluding steroid dienone is 1. The van der Waals surface area contributed by atoms with E-state index in [1.54, 1.807) is 6.08 Å². The van der Waals surface area contributed by atoms with Gasteiger partial charge in [-0.2, -0.15) is 0 Å². The van der Waals surface area contributed by atoms with Crippen LogP contribution in [0.25, 0.3) is 0 Å². The van der Waals surface area contributed by atoms with Crippen LogP contribution in [0.2, 0.25) is 0 Å². The Morgan fingerprint density at radius 3 is 2.37 bits per heavy atom. The van der Waals surface area contributed by atoms with E-state index in [1.165, 1.54) is 5.56 Å². The van der Waals surface area contributed by atoms with Crippen LogP contribution in [0.5, 0.6) is 0 Å². The first kappa shape index (κ1) is 14.4. The Hall–Kier alpha value is -0.990. The van der Waals surface area contributed by atoms with Crippen molar-refractivity contribution in [3.8, 4) is 0 Å². The van der Waals surface area contributed by atoms with Crippen molar-refractivity contribution in [2.24, 2.45) is 17.3 Å². The molecule has 1 fully saturated rings. The molecule has 0 heterocycles. The van der Waals surface area contributed by atoms with Crippen LogP contribution in [0.15, 0.2) is 34.8 Å². The smallest absolute Gasteiger partial charge is 0.228 e. The maximum absolute atomic E-state index is 12.2. The number of halogens is 2. The van der Waals surface area contributed by atoms with Gasteiger partial charge in [0, 0.05) is 5.69 Å². The molecule has 4 heteroatoms. The van der Waals surface area contributed by atoms with Gasteiger partial charge in [-0.25, -0.2) is 0 Å². The van der Waals surface area contributed by atoms with Gasteiger partial charge in [0.15, 0.2) is 0 Å². The fourth-order valence-electron chi connectivity index (χ4n) is 2.48. The molecule has 2 rings (SSSR count). The molecule has 1 aliphatic carbocycles. The van der Waals surface area contributed by atoms with Gasteiger partial charge in [-0.3, -0.25) is 4.79 Å². The zero-order valence-corrected chi connectivity index (χ0v) is 12.7. The van der Waals surface area contributed by atoms with Crippen molar-refractivity contribution in [1.82, 2.24) is 0 Å². The summed E-state index contributed by atoms with van der Waals surface area (Å²) < 4.78 is 0.226. The molecule has 0 spiro atoms. The summed E-state index contributed by atoms with van der Waals surface area (Å²) in [5, 5.41) is 2.94. The number of nitrogens with one attached hydrogen (secondary N) is 1. The third-order valence-electron chi connectivity index (χ3n) is 3.82. The van der Waals surface area contributed by atoms with Crippen LogP contribution in [0.1, 0.15) is 19.4 Å². The van der Waals surface area contributed by atoms with Gasteiger partial charge >= 0.3 is 0 Å². The molecule has 2 nitrogen and oxygen atoms in total. The summed E-state index contributed by atoms with van der Waals surface area (Å²) in [6, 6.07) is 7.76. The molecule has 2 unspecified atom stereocenters. The highest BCUT2D eigenvalue weighted by Gasteiger charge is 2.60. The third kappa shape index (κ3) is 3.13. The number of hydrogen-bond donors (Lipinski definition) is 1. The van der Waals surface area contributed by atoms with Crippen LogP contribution in [0.3, 0.4) is 0 Å². The van der Waals surface area contributed by atoms with Crippen molar-refractivity contribution in [2.45, 2.75) is 20.8 Å². The molecule has 1 saturated carbocycles. The predicted octanol–water partition coefficient (Wildman–Crippen LogP) is 4.52. The molecule has 1 aromatic carbocycles. The normalized spacial score (nSPS) is 23.6. The molecule has 0 bridgehead atoms. The number of amides is 1. The van der Waals surface area contributed by atoms with Crippen LogP contribution in [-0.4, -0.2) is 5.91 Å². The van der Waals surface area contributed by atoms with Crippen molar-refractivity contribution in [2.75, 3.05) is 5.32 Å². The highest BCUT2D eigenvalue weighted by Crippen LogP contribution is 2.59. The lowest BCUT2D eigenvalue weighted by molar-refractivity contribution is -0.118. The number of carbonyl (C=O) groups is 1. The third-order valence-corrected chi connectivity index (χ3v) is 4.07. The van der Waals surface area contributed by atoms with E-state index >= 15 is 0 Å². The minimum absolute atomic E-state index is 0.0182. The van der Waals surface area contributed by atoms with Gasteiger partial charge < -0.3 is 5.32 Å². The lowest BCUT2D eigenvalue weighted by atomic mass is 10.1. The monoisotopic (exact) mass is 297 g/mol. The van der Waals surface area contributed by atoms with Crippen LogP contribution in [0.4, 0.5) is 5.69 Å². The molecule has 1 aliphatic rings. The Morgan fingerprint density at radius 2 is 1.84 bits per heavy atom. The summed E-state index contributed by atoms with van der Waals surface area (Å²) in [6.07, 6.45) is 1.75. The van der Waals surface area contributed by atoms with Crippen LogP contribution in [0, 0.1) is 24.2 Å². The quantitative estimate of drug-likeness (QED) is 0.873. The molecular weight excluding hydrogens is 281 g/mol. The second-order valence-electron chi connectivity index (χ2n) is 5.64. The summed E-state index contributed by atoms with van der Waals surface area (Å²) in [6.45, 7) is 6.10. The average Bonchev–Trinajstić information content (AvgIpc) is 2.83. The van der Waals surface area contributed by atoms with E-state index in [-0.39, 0.29) is 27.6 Å². The number of aryl methyl sites for hydroxylation is 1. The van der Waals surface area contributed by atoms with E-state index < -0.39 is 0 Å². The standard InChI is InChI=1S/C15H17Cl2NO/c1-9-4-6-10(7-5-9)18-14(19)13-11(8-12(16)17)15(13,2)3/h4-8,11,13H,1-3H3,(H,18,19). The molecule has 0 saturated heterocycles. The first-order valence-corrected chi connectivity index (χ1v) is 6.98. The van der Waals surface area contributed by atoms with Crippen molar-refractivity contribution < 1.29 is 4.79 Å². The first-order valence-electron chi connectivity index (χ1n) is 6.22. The molecule has 1 amide bonds. The Balaban J connectivity index is 2.05. The van der Waals surface area contributed by atoms with E-state index in [1.807, 2.05) is 45.0 Å². The molecule has 0 aliphatic heterocycles. The minimum atomic E-state index is -0.0934. The largest absolute Gasteiger partial charge is 0.326 e. The number of hydrogen-bond acceptors (Lipinski definition) is 1. The lowest BCUT2D eigenvalue weighted by Gasteiger charge is -2.06. The van der Waals surface area contributed by atoms with Crippen molar-refractivity contribution in [3.63, 3.8) is 0 Å². The first-order chi connectivity index (χ1) is 8.82. The highest BCUT2D eigenvalue weighted by molar-refractivity contribution is 6.55. The average molecular weight is 298 g/mol. The Kier molecular flexibility index (Phi) is 3.93. The second-order valence-corrected chi connectivity index (χ2v) is 6.64. The Labute approximate surface area is 123 Å². The van der Waals surface area contributed by atoms with Crippen molar-refractivity contribution in [1.29, 1.82) is 0 Å². The zero-order chi connectivity index (χ0) is 14.2. The van der Waals surface area contributed by atoms with E-state index in [2.05, 4.69) is 5.32 Å². The molecule has 0 radical (unpaired) electrons. The summed E-state index contributed by atoms with van der Waals surface area (Å²) in [5.41, 5.74) is 1.89. The van der Waals surface area contributed by atoms with Gasteiger partial charge in [0.1, 0.15) is 4.49 Å². The number of benzene rings is 1. The molecule has 19 heavy (non-hydrogen) atoms. The Bertz CT molecular complexity index is 515. The van der Waals surface area contributed by atoms with Gasteiger partial charge in [-0.05, 0) is 36.5 Å². The number of carbonyl (C=O) groups excluding carboxylic acids is 1. The van der Waals surface area contributed by atoms with E-state index in [0.717, 1.165) is 5.69 Å². The molecular formula is C15H17Cl2NO. The molecule has 1 N–H and O–H groups in total. The highest BCUT2D eigenvalue weighted by atomic mass is 35.5. The molecule has 0 aromatic heterocycles. The number of rotatable bonds is 3. The molecule has 102 valence electrons. The van der Waals surface area contributed by atoms with Crippen molar-refractivity contribution in [3.05, 3.63) is 40.4 Å². The predicted molar refractivity (Wildman–Crippen MR) is 80.4 cm³/mol. The summed E-state index contributed by atoms with van der Waals surface area (Å²) in [7, 11) is 0. The van der Waals surface area contributed by atoms with Crippen molar-refractivity contribution >= 4 is 34.8 Å². The van der Waals surface area contributed by atoms with Gasteiger partial charge in [0.05, 0.1) is 5.92 Å². The van der Waals surface area contributed by atoms with Crippen LogP contribution < -0.4 is 5.32 Å². The van der Waals surface area contributed by atoms with Gasteiger partial charge in [0.25, 0.3) is 0 Å². The fourth-order valence-corrected chi connectivity index (χ4v) is 2.75. The van der Waals surface area contributed by atoms with Crippen LogP contribution in [-0.2, 0) is 4.79 Å². The summed E-state index contributed by atoms with van der Waals surface area (Å²) in [4.78, 5) is 12.2. The second kappa shape index (κ2) is 5.18. The van der Waals surface area contributed by atoms with E-state index in [9.17, 15) is 4.79 Å². The molecule has 2 atom stereocenters. The summed E-state index contributed by atoms with van der Waals surface area (Å²) >= 11 is 11.4. The fraction of sp³-hybridized carbons (Fsp3) is 0.400. The molecule has 1 aromatic rings. The van der Waals surface area contributed by atoms with Crippen LogP contribution >= 0.6 is 23.2 Å². The van der Waals surface area contributed by atoms with Gasteiger partial charge in [0.2, 0.25) is 5.91 Å². The van der Waals surface area contributed by atoms with Gasteiger partial charge in [-0.15, -0.1) is 0 Å². The SMILES string of the molecule is Cc1ccc(NC(=O)C2C(C=C(Cl)Cl)C2(C)C)cc1. The minimum Gasteiger partial charge on any atom is -0.326 e. The topological polar surface area (TPSA) is 29.1 Å². The maximum atomic E-state index is 12.2. The van der Waals surface area contributed by atoms with E-state index in [4.69, 9.17) is 23.2 Å². The summed E-state index contributed by atoms with van der Waals surface area (Å²) in [5.74, 6) is 0.0361. The lowest BCUT2D eigenvalue weighted by Crippen LogP contribution is -2.16. The Morgan fingerprint density at radius 1 is 1.26 bits per heavy atom. The zero-order valence-electron chi connectivity index (χ0n) is 11.2. The van der Waals surface area contributed by atoms with E-state index in [0.29, 0.717) is 0 Å². The maximum Gasteiger partial charge on any atom is 0.228 e. The van der Waals surface area contributed by atoms with Gasteiger partial charge in [-0.1, -0.05) is 54.7 Å².